The van der Waals surface area contributed by atoms with E-state index in [0.29, 0.717) is 26.4 Å². The summed E-state index contributed by atoms with van der Waals surface area (Å²) in [5.41, 5.74) is 5.39. The number of hydrogen-bond donors (Lipinski definition) is 0. The van der Waals surface area contributed by atoms with Gasteiger partial charge in [0, 0.05) is 11.1 Å². The lowest BCUT2D eigenvalue weighted by Crippen LogP contribution is -2.03. The largest absolute Gasteiger partial charge is 0.496 e. The van der Waals surface area contributed by atoms with Gasteiger partial charge in [-0.15, -0.1) is 0 Å². The van der Waals surface area contributed by atoms with E-state index < -0.39 is 8.60 Å². The molecular weight excluding hydrogens is 399 g/mol. The Morgan fingerprint density at radius 2 is 1.77 bits per heavy atom. The second kappa shape index (κ2) is 9.32. The van der Waals surface area contributed by atoms with Crippen LogP contribution >= 0.6 is 8.60 Å². The molecule has 0 spiro atoms. The number of benzene rings is 3. The molecule has 0 N–H and O–H groups in total. The molecule has 0 radical (unpaired) electrons. The van der Waals surface area contributed by atoms with Crippen molar-refractivity contribution in [1.82, 2.24) is 0 Å². The lowest BCUT2D eigenvalue weighted by molar-refractivity contribution is 0.134. The van der Waals surface area contributed by atoms with Gasteiger partial charge in [0.1, 0.15) is 11.5 Å². The fraction of sp³-hybridized carbons (Fsp3) is 0.333. The van der Waals surface area contributed by atoms with Crippen molar-refractivity contribution in [2.24, 2.45) is 0 Å². The third kappa shape index (κ3) is 3.91. The molecular formula is C24H27O5P. The van der Waals surface area contributed by atoms with Gasteiger partial charge in [-0.1, -0.05) is 30.3 Å². The quantitative estimate of drug-likeness (QED) is 0.383. The molecule has 3 aromatic rings. The predicted molar refractivity (Wildman–Crippen MR) is 120 cm³/mol. The van der Waals surface area contributed by atoms with Crippen LogP contribution in [0.5, 0.6) is 11.5 Å². The molecule has 0 saturated heterocycles. The summed E-state index contributed by atoms with van der Waals surface area (Å²) in [6, 6.07) is 14.6. The standard InChI is InChI=1S/C24H27O5P/c1-5-27-30(28-6-2)29-24-16(3)21-15-26-14-18(21)13-20(24)23-19-10-8-7-9-17(19)11-12-22(23)25-4/h7-13H,5-6,14-15H2,1-4H3. The van der Waals surface area contributed by atoms with Crippen LogP contribution in [0, 0.1) is 6.92 Å². The van der Waals surface area contributed by atoms with Crippen LogP contribution in [0.3, 0.4) is 0 Å². The predicted octanol–water partition coefficient (Wildman–Crippen LogP) is 6.53. The second-order valence-electron chi connectivity index (χ2n) is 7.02. The van der Waals surface area contributed by atoms with Gasteiger partial charge in [-0.05, 0) is 60.4 Å². The van der Waals surface area contributed by atoms with Crippen LogP contribution in [-0.2, 0) is 27.0 Å². The van der Waals surface area contributed by atoms with Crippen LogP contribution in [0.25, 0.3) is 21.9 Å². The molecule has 0 amide bonds. The summed E-state index contributed by atoms with van der Waals surface area (Å²) in [4.78, 5) is 0. The summed E-state index contributed by atoms with van der Waals surface area (Å²) >= 11 is 0. The fourth-order valence-electron chi connectivity index (χ4n) is 3.88. The highest BCUT2D eigenvalue weighted by Crippen LogP contribution is 2.50. The van der Waals surface area contributed by atoms with E-state index >= 15 is 0 Å². The highest BCUT2D eigenvalue weighted by molar-refractivity contribution is 7.42. The Morgan fingerprint density at radius 3 is 2.50 bits per heavy atom. The molecule has 0 aliphatic carbocycles. The van der Waals surface area contributed by atoms with Gasteiger partial charge in [0.15, 0.2) is 0 Å². The highest BCUT2D eigenvalue weighted by atomic mass is 31.2. The third-order valence-corrected chi connectivity index (χ3v) is 6.53. The average Bonchev–Trinajstić information content (AvgIpc) is 3.24. The van der Waals surface area contributed by atoms with Crippen molar-refractivity contribution in [2.45, 2.75) is 34.0 Å². The molecule has 1 aliphatic heterocycles. The van der Waals surface area contributed by atoms with Crippen LogP contribution < -0.4 is 9.26 Å². The summed E-state index contributed by atoms with van der Waals surface area (Å²) in [6.45, 7) is 8.19. The molecule has 1 heterocycles. The summed E-state index contributed by atoms with van der Waals surface area (Å²) < 4.78 is 29.4. The first-order valence-corrected chi connectivity index (χ1v) is 11.3. The van der Waals surface area contributed by atoms with Crippen LogP contribution in [0.4, 0.5) is 0 Å². The zero-order chi connectivity index (χ0) is 21.1. The molecule has 158 valence electrons. The van der Waals surface area contributed by atoms with E-state index in [0.717, 1.165) is 39.0 Å². The molecule has 5 nitrogen and oxygen atoms in total. The monoisotopic (exact) mass is 426 g/mol. The van der Waals surface area contributed by atoms with E-state index in [1.54, 1.807) is 7.11 Å². The summed E-state index contributed by atoms with van der Waals surface area (Å²) in [7, 11) is 0.194. The fourth-order valence-corrected chi connectivity index (χ4v) is 4.86. The number of hydrogen-bond acceptors (Lipinski definition) is 5. The maximum Gasteiger partial charge on any atom is 0.397 e. The molecule has 6 heteroatoms. The summed E-state index contributed by atoms with van der Waals surface area (Å²) in [5.74, 6) is 1.57. The minimum absolute atomic E-state index is 0.520. The van der Waals surface area contributed by atoms with E-state index in [1.165, 1.54) is 11.1 Å². The molecule has 30 heavy (non-hydrogen) atoms. The minimum atomic E-state index is -1.51. The Morgan fingerprint density at radius 1 is 1.00 bits per heavy atom. The third-order valence-electron chi connectivity index (χ3n) is 5.26. The number of rotatable bonds is 8. The van der Waals surface area contributed by atoms with Gasteiger partial charge >= 0.3 is 8.60 Å². The molecule has 4 rings (SSSR count). The van der Waals surface area contributed by atoms with Crippen molar-refractivity contribution < 1.29 is 23.0 Å². The molecule has 1 aliphatic rings. The topological polar surface area (TPSA) is 46.2 Å². The van der Waals surface area contributed by atoms with Gasteiger partial charge in [-0.25, -0.2) is 0 Å². The van der Waals surface area contributed by atoms with Crippen LogP contribution in [0.1, 0.15) is 30.5 Å². The summed E-state index contributed by atoms with van der Waals surface area (Å²) in [5, 5.41) is 2.25. The van der Waals surface area contributed by atoms with E-state index in [4.69, 9.17) is 23.0 Å². The van der Waals surface area contributed by atoms with E-state index in [1.807, 2.05) is 32.0 Å². The number of methoxy groups -OCH3 is 1. The molecule has 0 atom stereocenters. The molecule has 0 bridgehead atoms. The van der Waals surface area contributed by atoms with Gasteiger partial charge in [0.25, 0.3) is 0 Å². The first kappa shape index (κ1) is 21.1. The Kier molecular flexibility index (Phi) is 6.55. The normalized spacial score (nSPS) is 13.1. The van der Waals surface area contributed by atoms with Gasteiger partial charge in [0.05, 0.1) is 33.5 Å². The lowest BCUT2D eigenvalue weighted by Gasteiger charge is -2.23. The minimum Gasteiger partial charge on any atom is -0.496 e. The Hall–Kier alpha value is -2.17. The van der Waals surface area contributed by atoms with Crippen LogP contribution in [0.15, 0.2) is 42.5 Å². The molecule has 0 aromatic heterocycles. The average molecular weight is 426 g/mol. The van der Waals surface area contributed by atoms with E-state index in [9.17, 15) is 0 Å². The maximum absolute atomic E-state index is 6.39. The van der Waals surface area contributed by atoms with Crippen molar-refractivity contribution in [1.29, 1.82) is 0 Å². The van der Waals surface area contributed by atoms with Gasteiger partial charge in [-0.2, -0.15) is 0 Å². The Bertz CT molecular complexity index is 1040. The molecule has 0 saturated carbocycles. The highest BCUT2D eigenvalue weighted by Gasteiger charge is 2.27. The molecule has 0 unspecified atom stereocenters. The van der Waals surface area contributed by atoms with Crippen molar-refractivity contribution in [2.75, 3.05) is 20.3 Å². The van der Waals surface area contributed by atoms with E-state index in [-0.39, 0.29) is 0 Å². The SMILES string of the molecule is CCOP(OCC)Oc1c(-c2c(OC)ccc3ccccc23)cc2c(c1C)COC2. The van der Waals surface area contributed by atoms with Crippen molar-refractivity contribution in [3.05, 3.63) is 59.2 Å². The first-order chi connectivity index (χ1) is 14.7. The van der Waals surface area contributed by atoms with E-state index in [2.05, 4.69) is 31.2 Å². The second-order valence-corrected chi connectivity index (χ2v) is 8.17. The molecule has 3 aromatic carbocycles. The summed E-state index contributed by atoms with van der Waals surface area (Å²) in [6.07, 6.45) is 0. The first-order valence-electron chi connectivity index (χ1n) is 10.2. The van der Waals surface area contributed by atoms with Crippen molar-refractivity contribution in [3.63, 3.8) is 0 Å². The Labute approximate surface area is 178 Å². The zero-order valence-electron chi connectivity index (χ0n) is 17.9. The van der Waals surface area contributed by atoms with Crippen LogP contribution in [-0.4, -0.2) is 20.3 Å². The number of fused-ring (bicyclic) bond motifs is 2. The number of ether oxygens (including phenoxy) is 2. The van der Waals surface area contributed by atoms with Crippen molar-refractivity contribution >= 4 is 19.4 Å². The van der Waals surface area contributed by atoms with Crippen LogP contribution in [0.2, 0.25) is 0 Å². The Balaban J connectivity index is 1.96. The lowest BCUT2D eigenvalue weighted by atomic mass is 9.91. The maximum atomic E-state index is 6.39. The zero-order valence-corrected chi connectivity index (χ0v) is 18.8. The molecule has 0 fully saturated rings. The smallest absolute Gasteiger partial charge is 0.397 e. The van der Waals surface area contributed by atoms with Gasteiger partial charge < -0.3 is 23.0 Å². The van der Waals surface area contributed by atoms with Crippen molar-refractivity contribution in [3.8, 4) is 22.6 Å². The van der Waals surface area contributed by atoms with Gasteiger partial charge in [-0.3, -0.25) is 0 Å². The van der Waals surface area contributed by atoms with Gasteiger partial charge in [0.2, 0.25) is 0 Å².